The summed E-state index contributed by atoms with van der Waals surface area (Å²) in [6.45, 7) is 6.28. The quantitative estimate of drug-likeness (QED) is 0.350. The summed E-state index contributed by atoms with van der Waals surface area (Å²) in [5.74, 6) is -1.00. The highest BCUT2D eigenvalue weighted by Gasteiger charge is 2.28. The molecular formula is C25H29N3O8. The number of nitrogens with one attached hydrogen (secondary N) is 1. The molecule has 0 unspecified atom stereocenters. The van der Waals surface area contributed by atoms with Crippen molar-refractivity contribution in [3.63, 3.8) is 0 Å². The summed E-state index contributed by atoms with van der Waals surface area (Å²) in [6, 6.07) is 10.0. The maximum atomic E-state index is 12.5. The van der Waals surface area contributed by atoms with Gasteiger partial charge in [0.25, 0.3) is 5.91 Å². The summed E-state index contributed by atoms with van der Waals surface area (Å²) in [5.41, 5.74) is -0.0919. The molecule has 11 nitrogen and oxygen atoms in total. The fraction of sp³-hybridized carbons (Fsp3) is 0.400. The zero-order valence-corrected chi connectivity index (χ0v) is 20.6. The Hall–Kier alpha value is -4.15. The van der Waals surface area contributed by atoms with Crippen LogP contribution in [-0.4, -0.2) is 59.7 Å². The number of carbonyl (C=O) groups is 3. The summed E-state index contributed by atoms with van der Waals surface area (Å²) >= 11 is 0. The fourth-order valence-electron chi connectivity index (χ4n) is 3.57. The van der Waals surface area contributed by atoms with E-state index in [2.05, 4.69) is 5.32 Å². The number of ether oxygens (including phenoxy) is 3. The van der Waals surface area contributed by atoms with Gasteiger partial charge in [0.1, 0.15) is 11.7 Å². The molecule has 1 N–H and O–H groups in total. The van der Waals surface area contributed by atoms with Gasteiger partial charge in [0, 0.05) is 43.2 Å². The van der Waals surface area contributed by atoms with Crippen LogP contribution < -0.4 is 10.1 Å². The van der Waals surface area contributed by atoms with E-state index in [0.29, 0.717) is 37.2 Å². The molecule has 2 aromatic rings. The van der Waals surface area contributed by atoms with Crippen molar-refractivity contribution in [1.82, 2.24) is 4.90 Å². The van der Waals surface area contributed by atoms with E-state index in [1.54, 1.807) is 25.7 Å². The Labute approximate surface area is 208 Å². The Morgan fingerprint density at radius 1 is 1.03 bits per heavy atom. The van der Waals surface area contributed by atoms with E-state index in [4.69, 9.17) is 14.2 Å². The Balaban J connectivity index is 1.53. The highest BCUT2D eigenvalue weighted by Crippen LogP contribution is 2.28. The van der Waals surface area contributed by atoms with E-state index in [0.717, 1.165) is 6.07 Å². The molecule has 192 valence electrons. The number of carbonyl (C=O) groups excluding carboxylic acids is 3. The van der Waals surface area contributed by atoms with Crippen molar-refractivity contribution in [1.29, 1.82) is 0 Å². The minimum atomic E-state index is -0.628. The van der Waals surface area contributed by atoms with Gasteiger partial charge < -0.3 is 24.4 Å². The monoisotopic (exact) mass is 499 g/mol. The molecule has 0 aromatic heterocycles. The molecule has 2 aromatic carbocycles. The van der Waals surface area contributed by atoms with Crippen molar-refractivity contribution in [2.24, 2.45) is 0 Å². The molecule has 0 saturated carbocycles. The summed E-state index contributed by atoms with van der Waals surface area (Å²) in [6.07, 6.45) is 0.316. The third-order valence-electron chi connectivity index (χ3n) is 5.38. The summed E-state index contributed by atoms with van der Waals surface area (Å²) in [7, 11) is 1.31. The van der Waals surface area contributed by atoms with Gasteiger partial charge in [0.15, 0.2) is 5.75 Å². The molecule has 1 saturated heterocycles. The predicted octanol–water partition coefficient (Wildman–Crippen LogP) is 4.41. The second kappa shape index (κ2) is 11.1. The van der Waals surface area contributed by atoms with E-state index >= 15 is 0 Å². The van der Waals surface area contributed by atoms with E-state index in [-0.39, 0.29) is 29.2 Å². The Morgan fingerprint density at radius 2 is 1.64 bits per heavy atom. The zero-order valence-electron chi connectivity index (χ0n) is 20.6. The number of hydrogen-bond acceptors (Lipinski definition) is 8. The predicted molar refractivity (Wildman–Crippen MR) is 130 cm³/mol. The third-order valence-corrected chi connectivity index (χ3v) is 5.38. The van der Waals surface area contributed by atoms with Crippen LogP contribution in [0.1, 0.15) is 54.3 Å². The van der Waals surface area contributed by atoms with Gasteiger partial charge in [-0.2, -0.15) is 0 Å². The first kappa shape index (κ1) is 26.5. The largest absolute Gasteiger partial charge is 0.490 e. The second-order valence-electron chi connectivity index (χ2n) is 9.25. The number of amides is 2. The number of nitrogens with zero attached hydrogens (tertiary/aromatic N) is 2. The highest BCUT2D eigenvalue weighted by molar-refractivity contribution is 6.05. The maximum absolute atomic E-state index is 12.5. The van der Waals surface area contributed by atoms with E-state index in [1.807, 2.05) is 0 Å². The SMILES string of the molecule is COc1ccc(C(=O)Nc2ccc(C(=O)OC3CCN(C(=O)OC(C)(C)C)CC3)cc2)cc1[N+](=O)[O-]. The van der Waals surface area contributed by atoms with Crippen LogP contribution in [0.15, 0.2) is 42.5 Å². The molecule has 1 aliphatic heterocycles. The zero-order chi connectivity index (χ0) is 26.5. The molecule has 0 spiro atoms. The summed E-state index contributed by atoms with van der Waals surface area (Å²) in [4.78, 5) is 49.4. The lowest BCUT2D eigenvalue weighted by Crippen LogP contribution is -2.43. The molecule has 0 radical (unpaired) electrons. The molecule has 36 heavy (non-hydrogen) atoms. The van der Waals surface area contributed by atoms with Crippen molar-refractivity contribution in [3.8, 4) is 5.75 Å². The minimum absolute atomic E-state index is 0.0509. The fourth-order valence-corrected chi connectivity index (χ4v) is 3.57. The molecule has 11 heteroatoms. The van der Waals surface area contributed by atoms with Crippen molar-refractivity contribution in [3.05, 3.63) is 63.7 Å². The van der Waals surface area contributed by atoms with Crippen LogP contribution in [0.2, 0.25) is 0 Å². The van der Waals surface area contributed by atoms with E-state index in [1.165, 1.54) is 43.5 Å². The number of likely N-dealkylation sites (tertiary alicyclic amines) is 1. The first-order valence-electron chi connectivity index (χ1n) is 11.4. The van der Waals surface area contributed by atoms with Crippen LogP contribution in [0.25, 0.3) is 0 Å². The Bertz CT molecular complexity index is 1130. The summed E-state index contributed by atoms with van der Waals surface area (Å²) < 4.78 is 15.9. The van der Waals surface area contributed by atoms with E-state index in [9.17, 15) is 24.5 Å². The number of piperidine rings is 1. The Morgan fingerprint density at radius 3 is 2.19 bits per heavy atom. The molecular weight excluding hydrogens is 470 g/mol. The molecule has 2 amide bonds. The normalized spacial score (nSPS) is 14.1. The average Bonchev–Trinajstić information content (AvgIpc) is 2.83. The van der Waals surface area contributed by atoms with Gasteiger partial charge in [0.2, 0.25) is 0 Å². The number of esters is 1. The van der Waals surface area contributed by atoms with Crippen LogP contribution in [0.5, 0.6) is 5.75 Å². The number of nitro benzene ring substituents is 1. The van der Waals surface area contributed by atoms with Crippen molar-refractivity contribution in [2.75, 3.05) is 25.5 Å². The van der Waals surface area contributed by atoms with Crippen molar-refractivity contribution < 1.29 is 33.5 Å². The number of nitro groups is 1. The molecule has 0 atom stereocenters. The second-order valence-corrected chi connectivity index (χ2v) is 9.25. The lowest BCUT2D eigenvalue weighted by molar-refractivity contribution is -0.385. The molecule has 0 aliphatic carbocycles. The number of anilines is 1. The lowest BCUT2D eigenvalue weighted by Gasteiger charge is -2.33. The molecule has 0 bridgehead atoms. The lowest BCUT2D eigenvalue weighted by atomic mass is 10.1. The maximum Gasteiger partial charge on any atom is 0.410 e. The number of rotatable bonds is 6. The van der Waals surface area contributed by atoms with Gasteiger partial charge in [-0.25, -0.2) is 9.59 Å². The molecule has 1 heterocycles. The van der Waals surface area contributed by atoms with Crippen LogP contribution in [0.3, 0.4) is 0 Å². The van der Waals surface area contributed by atoms with E-state index < -0.39 is 22.4 Å². The molecule has 1 aliphatic rings. The smallest absolute Gasteiger partial charge is 0.410 e. The molecule has 1 fully saturated rings. The van der Waals surface area contributed by atoms with Crippen LogP contribution in [-0.2, 0) is 9.47 Å². The number of hydrogen-bond donors (Lipinski definition) is 1. The topological polar surface area (TPSA) is 137 Å². The molecule has 3 rings (SSSR count). The van der Waals surface area contributed by atoms with Crippen LogP contribution in [0, 0.1) is 10.1 Å². The average molecular weight is 500 g/mol. The third kappa shape index (κ3) is 6.94. The first-order chi connectivity index (χ1) is 17.0. The van der Waals surface area contributed by atoms with Gasteiger partial charge in [-0.3, -0.25) is 14.9 Å². The van der Waals surface area contributed by atoms with Crippen molar-refractivity contribution in [2.45, 2.75) is 45.3 Å². The van der Waals surface area contributed by atoms with Gasteiger partial charge >= 0.3 is 17.7 Å². The van der Waals surface area contributed by atoms with Gasteiger partial charge in [-0.1, -0.05) is 0 Å². The van der Waals surface area contributed by atoms with Crippen LogP contribution in [0.4, 0.5) is 16.2 Å². The minimum Gasteiger partial charge on any atom is -0.490 e. The Kier molecular flexibility index (Phi) is 8.13. The van der Waals surface area contributed by atoms with Gasteiger partial charge in [0.05, 0.1) is 17.6 Å². The van der Waals surface area contributed by atoms with Crippen molar-refractivity contribution >= 4 is 29.3 Å². The number of methoxy groups -OCH3 is 1. The highest BCUT2D eigenvalue weighted by atomic mass is 16.6. The first-order valence-corrected chi connectivity index (χ1v) is 11.4. The summed E-state index contributed by atoms with van der Waals surface area (Å²) in [5, 5.41) is 13.8. The standard InChI is InChI=1S/C25H29N3O8/c1-25(2,3)36-24(31)27-13-11-19(12-14-27)35-23(30)16-5-8-18(9-6-16)26-22(29)17-7-10-21(34-4)20(15-17)28(32)33/h5-10,15,19H,11-14H2,1-4H3,(H,26,29). The van der Waals surface area contributed by atoms with Gasteiger partial charge in [-0.05, 0) is 57.2 Å². The van der Waals surface area contributed by atoms with Crippen LogP contribution >= 0.6 is 0 Å². The number of benzene rings is 2. The van der Waals surface area contributed by atoms with Gasteiger partial charge in [-0.15, -0.1) is 0 Å².